The number of nitrogens with zero attached hydrogens (tertiary/aromatic N) is 4. The van der Waals surface area contributed by atoms with E-state index in [4.69, 9.17) is 16.1 Å². The summed E-state index contributed by atoms with van der Waals surface area (Å²) in [7, 11) is 0. The highest BCUT2D eigenvalue weighted by molar-refractivity contribution is 6.33. The summed E-state index contributed by atoms with van der Waals surface area (Å²) in [5.74, 6) is 0.651. The van der Waals surface area contributed by atoms with Gasteiger partial charge in [-0.3, -0.25) is 4.57 Å². The quantitative estimate of drug-likeness (QED) is 0.435. The van der Waals surface area contributed by atoms with Crippen LogP contribution in [0.15, 0.2) is 84.0 Å². The Bertz CT molecular complexity index is 1220. The Labute approximate surface area is 160 Å². The van der Waals surface area contributed by atoms with Gasteiger partial charge in [0, 0.05) is 35.6 Å². The highest BCUT2D eigenvalue weighted by atomic mass is 35.5. The number of aromatic nitrogens is 4. The standard InChI is InChI=1S/C21H15ClN4O/c22-18-7-3-1-6-17(18)19-11-21(27-24-19)26-13-15(12-25-10-9-23-14-25)16-5-2-4-8-20(16)26/h1-11,13-14H,12H2. The number of imidazole rings is 1. The molecule has 0 aliphatic carbocycles. The summed E-state index contributed by atoms with van der Waals surface area (Å²) >= 11 is 6.30. The van der Waals surface area contributed by atoms with Gasteiger partial charge in [0.05, 0.1) is 23.4 Å². The van der Waals surface area contributed by atoms with Crippen molar-refractivity contribution in [1.29, 1.82) is 0 Å². The zero-order valence-electron chi connectivity index (χ0n) is 14.3. The molecule has 0 spiro atoms. The predicted octanol–water partition coefficient (Wildman–Crippen LogP) is 5.18. The SMILES string of the molecule is Clc1ccccc1-c1cc(-n2cc(Cn3ccnc3)c3ccccc32)on1. The minimum Gasteiger partial charge on any atom is -0.337 e. The monoisotopic (exact) mass is 374 g/mol. The molecule has 0 unspecified atom stereocenters. The zero-order chi connectivity index (χ0) is 18.2. The molecule has 0 radical (unpaired) electrons. The van der Waals surface area contributed by atoms with E-state index >= 15 is 0 Å². The third-order valence-corrected chi connectivity index (χ3v) is 4.92. The lowest BCUT2D eigenvalue weighted by atomic mass is 10.1. The maximum atomic E-state index is 6.30. The highest BCUT2D eigenvalue weighted by Gasteiger charge is 2.15. The Hall–Kier alpha value is -3.31. The van der Waals surface area contributed by atoms with E-state index in [0.717, 1.165) is 17.6 Å². The largest absolute Gasteiger partial charge is 0.337 e. The third-order valence-electron chi connectivity index (χ3n) is 4.59. The average Bonchev–Trinajstić information content (AvgIpc) is 3.43. The van der Waals surface area contributed by atoms with Gasteiger partial charge in [0.25, 0.3) is 0 Å². The second kappa shape index (κ2) is 6.45. The molecule has 0 aliphatic rings. The van der Waals surface area contributed by atoms with Gasteiger partial charge in [-0.2, -0.15) is 0 Å². The molecule has 0 amide bonds. The minimum absolute atomic E-state index is 0.649. The lowest BCUT2D eigenvalue weighted by Gasteiger charge is -1.99. The van der Waals surface area contributed by atoms with Crippen molar-refractivity contribution in [2.45, 2.75) is 6.54 Å². The lowest BCUT2D eigenvalue weighted by Crippen LogP contribution is -1.95. The molecule has 0 N–H and O–H groups in total. The average molecular weight is 375 g/mol. The molecule has 5 nitrogen and oxygen atoms in total. The van der Waals surface area contributed by atoms with Crippen LogP contribution in [0.3, 0.4) is 0 Å². The molecular formula is C21H15ClN4O. The number of hydrogen-bond donors (Lipinski definition) is 0. The van der Waals surface area contributed by atoms with Crippen LogP contribution in [0.1, 0.15) is 5.56 Å². The fraction of sp³-hybridized carbons (Fsp3) is 0.0476. The van der Waals surface area contributed by atoms with E-state index in [-0.39, 0.29) is 0 Å². The first-order valence-corrected chi connectivity index (χ1v) is 8.94. The maximum Gasteiger partial charge on any atom is 0.236 e. The number of benzene rings is 2. The number of halogens is 1. The van der Waals surface area contributed by atoms with Crippen molar-refractivity contribution in [3.63, 3.8) is 0 Å². The fourth-order valence-corrected chi connectivity index (χ4v) is 3.54. The molecule has 3 heterocycles. The van der Waals surface area contributed by atoms with Crippen LogP contribution in [0.5, 0.6) is 0 Å². The van der Waals surface area contributed by atoms with Gasteiger partial charge in [0.2, 0.25) is 5.88 Å². The number of rotatable bonds is 4. The van der Waals surface area contributed by atoms with E-state index in [9.17, 15) is 0 Å². The van der Waals surface area contributed by atoms with Crippen LogP contribution >= 0.6 is 11.6 Å². The van der Waals surface area contributed by atoms with E-state index in [0.29, 0.717) is 16.6 Å². The first-order chi connectivity index (χ1) is 13.3. The molecule has 0 fully saturated rings. The second-order valence-electron chi connectivity index (χ2n) is 6.31. The Balaban J connectivity index is 1.61. The summed E-state index contributed by atoms with van der Waals surface area (Å²) in [5, 5.41) is 6.04. The van der Waals surface area contributed by atoms with Crippen molar-refractivity contribution in [2.24, 2.45) is 0 Å². The van der Waals surface area contributed by atoms with Crippen molar-refractivity contribution in [2.75, 3.05) is 0 Å². The van der Waals surface area contributed by atoms with Crippen molar-refractivity contribution in [3.05, 3.63) is 90.1 Å². The molecule has 5 rings (SSSR count). The number of fused-ring (bicyclic) bond motifs is 1. The van der Waals surface area contributed by atoms with E-state index in [2.05, 4.69) is 28.5 Å². The summed E-state index contributed by atoms with van der Waals surface area (Å²) < 4.78 is 9.72. The Morgan fingerprint density at radius 1 is 1.04 bits per heavy atom. The van der Waals surface area contributed by atoms with Gasteiger partial charge in [-0.05, 0) is 17.7 Å². The summed E-state index contributed by atoms with van der Waals surface area (Å²) in [5.41, 5.74) is 3.81. The summed E-state index contributed by atoms with van der Waals surface area (Å²) in [6, 6.07) is 17.8. The Morgan fingerprint density at radius 3 is 2.74 bits per heavy atom. The molecule has 6 heteroatoms. The normalized spacial score (nSPS) is 11.3. The van der Waals surface area contributed by atoms with Gasteiger partial charge in [-0.25, -0.2) is 4.98 Å². The van der Waals surface area contributed by atoms with Crippen LogP contribution < -0.4 is 0 Å². The van der Waals surface area contributed by atoms with Crippen LogP contribution in [-0.2, 0) is 6.54 Å². The number of hydrogen-bond acceptors (Lipinski definition) is 3. The van der Waals surface area contributed by atoms with Gasteiger partial charge in [-0.1, -0.05) is 53.2 Å². The Kier molecular flexibility index (Phi) is 3.80. The van der Waals surface area contributed by atoms with E-state index in [1.54, 1.807) is 6.20 Å². The maximum absolute atomic E-state index is 6.30. The predicted molar refractivity (Wildman–Crippen MR) is 105 cm³/mol. The van der Waals surface area contributed by atoms with Crippen molar-refractivity contribution >= 4 is 22.5 Å². The molecule has 2 aromatic carbocycles. The highest BCUT2D eigenvalue weighted by Crippen LogP contribution is 2.30. The Morgan fingerprint density at radius 2 is 1.89 bits per heavy atom. The summed E-state index contributed by atoms with van der Waals surface area (Å²) in [6.45, 7) is 0.735. The van der Waals surface area contributed by atoms with Crippen LogP contribution in [0, 0.1) is 0 Å². The summed E-state index contributed by atoms with van der Waals surface area (Å²) in [6.07, 6.45) is 7.64. The smallest absolute Gasteiger partial charge is 0.236 e. The summed E-state index contributed by atoms with van der Waals surface area (Å²) in [4.78, 5) is 4.12. The minimum atomic E-state index is 0.649. The van der Waals surface area contributed by atoms with Crippen molar-refractivity contribution in [3.8, 4) is 17.1 Å². The molecule has 0 atom stereocenters. The fourth-order valence-electron chi connectivity index (χ4n) is 3.31. The van der Waals surface area contributed by atoms with Gasteiger partial charge >= 0.3 is 0 Å². The topological polar surface area (TPSA) is 48.8 Å². The van der Waals surface area contributed by atoms with E-state index in [1.165, 1.54) is 10.9 Å². The zero-order valence-corrected chi connectivity index (χ0v) is 15.0. The van der Waals surface area contributed by atoms with Crippen LogP contribution in [0.4, 0.5) is 0 Å². The molecule has 27 heavy (non-hydrogen) atoms. The van der Waals surface area contributed by atoms with E-state index in [1.807, 2.05) is 64.1 Å². The van der Waals surface area contributed by atoms with E-state index < -0.39 is 0 Å². The lowest BCUT2D eigenvalue weighted by molar-refractivity contribution is 0.410. The van der Waals surface area contributed by atoms with Gasteiger partial charge < -0.3 is 9.09 Å². The van der Waals surface area contributed by atoms with Crippen LogP contribution in [0.25, 0.3) is 28.0 Å². The molecule has 0 saturated carbocycles. The molecule has 0 aliphatic heterocycles. The van der Waals surface area contributed by atoms with Gasteiger partial charge in [0.15, 0.2) is 0 Å². The number of para-hydroxylation sites is 1. The first kappa shape index (κ1) is 15.9. The molecule has 0 saturated heterocycles. The second-order valence-corrected chi connectivity index (χ2v) is 6.71. The van der Waals surface area contributed by atoms with Crippen LogP contribution in [-0.4, -0.2) is 19.3 Å². The van der Waals surface area contributed by atoms with Crippen molar-refractivity contribution in [1.82, 2.24) is 19.3 Å². The van der Waals surface area contributed by atoms with Gasteiger partial charge in [-0.15, -0.1) is 0 Å². The van der Waals surface area contributed by atoms with Crippen molar-refractivity contribution < 1.29 is 4.52 Å². The molecule has 5 aromatic rings. The first-order valence-electron chi connectivity index (χ1n) is 8.56. The van der Waals surface area contributed by atoms with Gasteiger partial charge in [0.1, 0.15) is 5.69 Å². The molecule has 0 bridgehead atoms. The molecule has 132 valence electrons. The third kappa shape index (κ3) is 2.82. The molecular weight excluding hydrogens is 360 g/mol. The molecule has 3 aromatic heterocycles. The van der Waals surface area contributed by atoms with Crippen LogP contribution in [0.2, 0.25) is 5.02 Å².